The van der Waals surface area contributed by atoms with Gasteiger partial charge >= 0.3 is 0 Å². The van der Waals surface area contributed by atoms with Crippen molar-refractivity contribution in [3.63, 3.8) is 0 Å². The number of aliphatic hydroxyl groups is 1. The van der Waals surface area contributed by atoms with E-state index < -0.39 is 6.10 Å². The predicted molar refractivity (Wildman–Crippen MR) is 80.5 cm³/mol. The number of fused-ring (bicyclic) bond motifs is 1. The van der Waals surface area contributed by atoms with Gasteiger partial charge < -0.3 is 10.8 Å². The molecule has 0 bridgehead atoms. The molecule has 1 aliphatic carbocycles. The van der Waals surface area contributed by atoms with Crippen LogP contribution in [0.5, 0.6) is 0 Å². The van der Waals surface area contributed by atoms with Gasteiger partial charge in [-0.25, -0.2) is 4.98 Å². The largest absolute Gasteiger partial charge is 0.388 e. The number of hydrogen-bond donors (Lipinski definition) is 2. The average molecular weight is 268 g/mol. The molecule has 2 atom stereocenters. The first-order valence-electron chi connectivity index (χ1n) is 7.15. The van der Waals surface area contributed by atoms with E-state index in [4.69, 9.17) is 5.73 Å². The van der Waals surface area contributed by atoms with E-state index in [1.54, 1.807) is 6.20 Å². The van der Waals surface area contributed by atoms with E-state index in [0.717, 1.165) is 30.4 Å². The lowest BCUT2D eigenvalue weighted by Gasteiger charge is -2.30. The van der Waals surface area contributed by atoms with Crippen molar-refractivity contribution in [2.45, 2.75) is 38.2 Å². The van der Waals surface area contributed by atoms with Crippen LogP contribution in [-0.2, 0) is 6.42 Å². The van der Waals surface area contributed by atoms with E-state index in [-0.39, 0.29) is 5.92 Å². The Labute approximate surface area is 119 Å². The molecule has 0 saturated carbocycles. The molecule has 0 aliphatic heterocycles. The molecule has 1 aliphatic rings. The fraction of sp³-hybridized carbons (Fsp3) is 0.353. The summed E-state index contributed by atoms with van der Waals surface area (Å²) < 4.78 is 0. The first-order valence-corrected chi connectivity index (χ1v) is 7.15. The molecule has 3 heteroatoms. The molecule has 0 fully saturated rings. The zero-order valence-corrected chi connectivity index (χ0v) is 11.7. The van der Waals surface area contributed by atoms with Crippen molar-refractivity contribution in [2.24, 2.45) is 0 Å². The van der Waals surface area contributed by atoms with Crippen molar-refractivity contribution in [2.75, 3.05) is 5.73 Å². The van der Waals surface area contributed by atoms with Crippen LogP contribution in [0.3, 0.4) is 0 Å². The molecule has 1 aromatic carbocycles. The van der Waals surface area contributed by atoms with E-state index in [0.29, 0.717) is 5.82 Å². The van der Waals surface area contributed by atoms with E-state index in [1.165, 1.54) is 11.1 Å². The molecule has 20 heavy (non-hydrogen) atoms. The third-order valence-electron chi connectivity index (χ3n) is 4.33. The number of rotatable bonds is 2. The van der Waals surface area contributed by atoms with Crippen molar-refractivity contribution in [3.8, 4) is 0 Å². The summed E-state index contributed by atoms with van der Waals surface area (Å²) >= 11 is 0. The van der Waals surface area contributed by atoms with Gasteiger partial charge in [-0.15, -0.1) is 0 Å². The van der Waals surface area contributed by atoms with Gasteiger partial charge in [0.1, 0.15) is 5.82 Å². The van der Waals surface area contributed by atoms with E-state index in [2.05, 4.69) is 23.2 Å². The highest BCUT2D eigenvalue weighted by Crippen LogP contribution is 2.42. The molecule has 0 amide bonds. The lowest BCUT2D eigenvalue weighted by molar-refractivity contribution is 0.136. The zero-order chi connectivity index (χ0) is 14.1. The molecular weight excluding hydrogens is 248 g/mol. The van der Waals surface area contributed by atoms with Crippen molar-refractivity contribution < 1.29 is 5.11 Å². The second-order valence-electron chi connectivity index (χ2n) is 5.57. The first kappa shape index (κ1) is 13.1. The summed E-state index contributed by atoms with van der Waals surface area (Å²) in [6.45, 7) is 1.98. The van der Waals surface area contributed by atoms with Crippen LogP contribution in [0, 0.1) is 6.92 Å². The highest BCUT2D eigenvalue weighted by atomic mass is 16.3. The minimum atomic E-state index is -0.579. The van der Waals surface area contributed by atoms with Crippen LogP contribution in [0.1, 0.15) is 47.1 Å². The Balaban J connectivity index is 2.02. The van der Waals surface area contributed by atoms with Gasteiger partial charge in [-0.2, -0.15) is 0 Å². The summed E-state index contributed by atoms with van der Waals surface area (Å²) in [5.74, 6) is 0.561. The lowest BCUT2D eigenvalue weighted by atomic mass is 9.77. The van der Waals surface area contributed by atoms with Crippen molar-refractivity contribution in [1.29, 1.82) is 0 Å². The summed E-state index contributed by atoms with van der Waals surface area (Å²) in [7, 11) is 0. The number of anilines is 1. The van der Waals surface area contributed by atoms with Gasteiger partial charge in [0.15, 0.2) is 0 Å². The maximum Gasteiger partial charge on any atom is 0.129 e. The van der Waals surface area contributed by atoms with Gasteiger partial charge in [-0.3, -0.25) is 0 Å². The Kier molecular flexibility index (Phi) is 3.45. The molecule has 1 heterocycles. The number of pyridine rings is 1. The van der Waals surface area contributed by atoms with Gasteiger partial charge in [-0.05, 0) is 48.9 Å². The second-order valence-corrected chi connectivity index (χ2v) is 5.57. The number of benzene rings is 1. The molecular formula is C17H20N2O. The molecule has 104 valence electrons. The molecule has 2 aromatic rings. The molecule has 2 unspecified atom stereocenters. The number of nitrogens with two attached hydrogens (primary N) is 1. The molecule has 3 N–H and O–H groups in total. The van der Waals surface area contributed by atoms with Crippen molar-refractivity contribution in [3.05, 3.63) is 58.8 Å². The average Bonchev–Trinajstić information content (AvgIpc) is 2.46. The predicted octanol–water partition coefficient (Wildman–Crippen LogP) is 3.13. The Hall–Kier alpha value is -1.87. The highest BCUT2D eigenvalue weighted by Gasteiger charge is 2.29. The molecule has 3 rings (SSSR count). The summed E-state index contributed by atoms with van der Waals surface area (Å²) in [5, 5.41) is 10.8. The maximum absolute atomic E-state index is 10.8. The summed E-state index contributed by atoms with van der Waals surface area (Å²) in [6.07, 6.45) is 4.31. The van der Waals surface area contributed by atoms with Gasteiger partial charge in [0.2, 0.25) is 0 Å². The normalized spacial score (nSPS) is 19.4. The Morgan fingerprint density at radius 3 is 2.90 bits per heavy atom. The number of aromatic nitrogens is 1. The Morgan fingerprint density at radius 2 is 2.10 bits per heavy atom. The van der Waals surface area contributed by atoms with E-state index in [1.807, 2.05) is 19.1 Å². The van der Waals surface area contributed by atoms with Gasteiger partial charge in [-0.1, -0.05) is 24.3 Å². The zero-order valence-electron chi connectivity index (χ0n) is 11.7. The number of hydrogen-bond acceptors (Lipinski definition) is 3. The summed E-state index contributed by atoms with van der Waals surface area (Å²) in [4.78, 5) is 4.13. The van der Waals surface area contributed by atoms with Crippen LogP contribution in [0.4, 0.5) is 5.82 Å². The monoisotopic (exact) mass is 268 g/mol. The van der Waals surface area contributed by atoms with E-state index >= 15 is 0 Å². The third kappa shape index (κ3) is 2.18. The van der Waals surface area contributed by atoms with Crippen LogP contribution in [0.2, 0.25) is 0 Å². The number of aryl methyl sites for hydroxylation is 2. The quantitative estimate of drug-likeness (QED) is 0.879. The standard InChI is InChI=1S/C17H20N2O/c1-11-9-10-19-17(18)15(11)16(20)14-8-4-6-12-5-2-3-7-13(12)14/h2-3,5,7,9-10,14,16,20H,4,6,8H2,1H3,(H2,18,19). The van der Waals surface area contributed by atoms with Crippen molar-refractivity contribution in [1.82, 2.24) is 4.98 Å². The minimum Gasteiger partial charge on any atom is -0.388 e. The number of nitrogens with zero attached hydrogens (tertiary/aromatic N) is 1. The van der Waals surface area contributed by atoms with Crippen LogP contribution < -0.4 is 5.73 Å². The van der Waals surface area contributed by atoms with Crippen molar-refractivity contribution >= 4 is 5.82 Å². The van der Waals surface area contributed by atoms with Gasteiger partial charge in [0.25, 0.3) is 0 Å². The second kappa shape index (κ2) is 5.25. The van der Waals surface area contributed by atoms with Gasteiger partial charge in [0, 0.05) is 17.7 Å². The topological polar surface area (TPSA) is 59.1 Å². The molecule has 0 saturated heterocycles. The fourth-order valence-electron chi connectivity index (χ4n) is 3.30. The van der Waals surface area contributed by atoms with Crippen LogP contribution in [-0.4, -0.2) is 10.1 Å². The maximum atomic E-state index is 10.8. The fourth-order valence-corrected chi connectivity index (χ4v) is 3.30. The summed E-state index contributed by atoms with van der Waals surface area (Å²) in [5.41, 5.74) is 10.4. The van der Waals surface area contributed by atoms with E-state index in [9.17, 15) is 5.11 Å². The molecule has 0 spiro atoms. The third-order valence-corrected chi connectivity index (χ3v) is 4.33. The highest BCUT2D eigenvalue weighted by molar-refractivity contribution is 5.47. The molecule has 0 radical (unpaired) electrons. The summed E-state index contributed by atoms with van der Waals surface area (Å²) in [6, 6.07) is 10.3. The Morgan fingerprint density at radius 1 is 1.30 bits per heavy atom. The van der Waals surface area contributed by atoms with Crippen LogP contribution >= 0.6 is 0 Å². The first-order chi connectivity index (χ1) is 9.68. The minimum absolute atomic E-state index is 0.116. The number of aliphatic hydroxyl groups excluding tert-OH is 1. The molecule has 3 nitrogen and oxygen atoms in total. The lowest BCUT2D eigenvalue weighted by Crippen LogP contribution is -2.19. The van der Waals surface area contributed by atoms with Gasteiger partial charge in [0.05, 0.1) is 6.10 Å². The molecule has 1 aromatic heterocycles. The number of nitrogen functional groups attached to an aromatic ring is 1. The smallest absolute Gasteiger partial charge is 0.129 e. The Bertz CT molecular complexity index is 604. The van der Waals surface area contributed by atoms with Crippen LogP contribution in [0.15, 0.2) is 36.5 Å². The van der Waals surface area contributed by atoms with Crippen LogP contribution in [0.25, 0.3) is 0 Å². The SMILES string of the molecule is Cc1ccnc(N)c1C(O)C1CCCc2ccccc21.